The molecule has 0 bridgehead atoms. The summed E-state index contributed by atoms with van der Waals surface area (Å²) in [6, 6.07) is 0.952. The first-order valence-electron chi connectivity index (χ1n) is 6.84. The molecule has 0 spiro atoms. The summed E-state index contributed by atoms with van der Waals surface area (Å²) in [5, 5.41) is 4.61. The van der Waals surface area contributed by atoms with Crippen LogP contribution < -0.4 is 5.32 Å². The van der Waals surface area contributed by atoms with Gasteiger partial charge in [0.05, 0.1) is 12.6 Å². The van der Waals surface area contributed by atoms with Crippen LogP contribution in [0, 0.1) is 5.92 Å². The number of rotatable bonds is 4. The molecule has 98 valence electrons. The van der Waals surface area contributed by atoms with Crippen molar-refractivity contribution in [1.82, 2.24) is 5.32 Å². The molecule has 2 rings (SSSR count). The molecule has 1 saturated carbocycles. The van der Waals surface area contributed by atoms with E-state index in [1.807, 2.05) is 18.7 Å². The van der Waals surface area contributed by atoms with Gasteiger partial charge in [0.1, 0.15) is 0 Å². The normalized spacial score (nSPS) is 30.4. The molecule has 1 heterocycles. The van der Waals surface area contributed by atoms with E-state index in [9.17, 15) is 0 Å². The van der Waals surface area contributed by atoms with Crippen LogP contribution in [0.2, 0.25) is 0 Å². The number of ether oxygens (including phenoxy) is 1. The van der Waals surface area contributed by atoms with Crippen LogP contribution in [0.4, 0.5) is 0 Å². The first-order chi connectivity index (χ1) is 8.29. The molecule has 0 saturated heterocycles. The van der Waals surface area contributed by atoms with Gasteiger partial charge in [-0.05, 0) is 32.6 Å². The summed E-state index contributed by atoms with van der Waals surface area (Å²) in [6.07, 6.45) is 5.43. The number of aliphatic imine (C=N–C) groups is 1. The van der Waals surface area contributed by atoms with E-state index < -0.39 is 0 Å². The molecule has 2 aliphatic rings. The Balaban J connectivity index is 1.82. The molecule has 0 aromatic rings. The van der Waals surface area contributed by atoms with Gasteiger partial charge in [-0.15, -0.1) is 0 Å². The lowest BCUT2D eigenvalue weighted by Crippen LogP contribution is -2.39. The Hall–Kier alpha value is -0.220. The quantitative estimate of drug-likeness (QED) is 0.839. The molecule has 0 amide bonds. The lowest BCUT2D eigenvalue weighted by atomic mass is 9.86. The number of hydrogen-bond donors (Lipinski definition) is 1. The van der Waals surface area contributed by atoms with Gasteiger partial charge in [-0.3, -0.25) is 4.99 Å². The van der Waals surface area contributed by atoms with E-state index in [1.165, 1.54) is 31.4 Å². The molecular weight excluding hydrogens is 232 g/mol. The van der Waals surface area contributed by atoms with E-state index in [0.29, 0.717) is 12.1 Å². The van der Waals surface area contributed by atoms with Crippen LogP contribution in [0.3, 0.4) is 0 Å². The maximum Gasteiger partial charge on any atom is 0.157 e. The topological polar surface area (TPSA) is 33.6 Å². The summed E-state index contributed by atoms with van der Waals surface area (Å²) in [6.45, 7) is 5.75. The fourth-order valence-electron chi connectivity index (χ4n) is 2.55. The number of nitrogens with one attached hydrogen (secondary N) is 1. The first kappa shape index (κ1) is 13.2. The van der Waals surface area contributed by atoms with Gasteiger partial charge in [-0.1, -0.05) is 24.6 Å². The average molecular weight is 256 g/mol. The second-order valence-corrected chi connectivity index (χ2v) is 6.07. The van der Waals surface area contributed by atoms with Crippen molar-refractivity contribution in [2.75, 3.05) is 19.0 Å². The van der Waals surface area contributed by atoms with Gasteiger partial charge < -0.3 is 10.1 Å². The maximum atomic E-state index is 5.42. The van der Waals surface area contributed by atoms with Crippen molar-refractivity contribution < 1.29 is 4.74 Å². The molecule has 17 heavy (non-hydrogen) atoms. The van der Waals surface area contributed by atoms with Crippen LogP contribution in [-0.2, 0) is 4.74 Å². The molecule has 1 aliphatic heterocycles. The monoisotopic (exact) mass is 256 g/mol. The summed E-state index contributed by atoms with van der Waals surface area (Å²) in [5.41, 5.74) is 0. The Kier molecular flexibility index (Phi) is 5.16. The van der Waals surface area contributed by atoms with Gasteiger partial charge >= 0.3 is 0 Å². The summed E-state index contributed by atoms with van der Waals surface area (Å²) >= 11 is 1.89. The van der Waals surface area contributed by atoms with Crippen LogP contribution >= 0.6 is 11.8 Å². The molecule has 3 unspecified atom stereocenters. The van der Waals surface area contributed by atoms with Crippen LogP contribution in [0.1, 0.15) is 39.5 Å². The van der Waals surface area contributed by atoms with Gasteiger partial charge in [0.2, 0.25) is 0 Å². The largest absolute Gasteiger partial charge is 0.380 e. The second kappa shape index (κ2) is 6.64. The van der Waals surface area contributed by atoms with Gasteiger partial charge in [0, 0.05) is 18.4 Å². The van der Waals surface area contributed by atoms with Crippen molar-refractivity contribution >= 4 is 16.9 Å². The smallest absolute Gasteiger partial charge is 0.157 e. The molecule has 0 aromatic carbocycles. The minimum atomic E-state index is 0.362. The lowest BCUT2D eigenvalue weighted by Gasteiger charge is -2.33. The lowest BCUT2D eigenvalue weighted by molar-refractivity contribution is 0.132. The third-order valence-electron chi connectivity index (χ3n) is 3.53. The second-order valence-electron chi connectivity index (χ2n) is 5.06. The van der Waals surface area contributed by atoms with Gasteiger partial charge in [0.25, 0.3) is 0 Å². The highest BCUT2D eigenvalue weighted by Gasteiger charge is 2.29. The fourth-order valence-corrected chi connectivity index (χ4v) is 3.81. The summed E-state index contributed by atoms with van der Waals surface area (Å²) < 4.78 is 5.42. The van der Waals surface area contributed by atoms with Gasteiger partial charge in [-0.25, -0.2) is 0 Å². The van der Waals surface area contributed by atoms with Crippen molar-refractivity contribution in [2.45, 2.75) is 51.6 Å². The molecule has 4 heteroatoms. The first-order valence-corrected chi connectivity index (χ1v) is 7.83. The zero-order valence-electron chi connectivity index (χ0n) is 10.9. The fraction of sp³-hybridized carbons (Fsp3) is 0.923. The van der Waals surface area contributed by atoms with E-state index in [0.717, 1.165) is 24.3 Å². The van der Waals surface area contributed by atoms with E-state index in [-0.39, 0.29) is 0 Å². The Morgan fingerprint density at radius 2 is 2.29 bits per heavy atom. The highest BCUT2D eigenvalue weighted by Crippen LogP contribution is 2.33. The molecule has 3 atom stereocenters. The van der Waals surface area contributed by atoms with Crippen LogP contribution in [0.15, 0.2) is 4.99 Å². The van der Waals surface area contributed by atoms with E-state index >= 15 is 0 Å². The van der Waals surface area contributed by atoms with E-state index in [2.05, 4.69) is 12.2 Å². The summed E-state index contributed by atoms with van der Waals surface area (Å²) in [4.78, 5) is 4.86. The van der Waals surface area contributed by atoms with Crippen molar-refractivity contribution in [3.05, 3.63) is 0 Å². The number of hydrogen-bond acceptors (Lipinski definition) is 4. The minimum Gasteiger partial charge on any atom is -0.380 e. The highest BCUT2D eigenvalue weighted by molar-refractivity contribution is 8.13. The van der Waals surface area contributed by atoms with Crippen molar-refractivity contribution in [3.63, 3.8) is 0 Å². The molecule has 0 aromatic heterocycles. The number of amidine groups is 1. The Morgan fingerprint density at radius 3 is 3.12 bits per heavy atom. The van der Waals surface area contributed by atoms with Crippen molar-refractivity contribution in [2.24, 2.45) is 10.9 Å². The average Bonchev–Trinajstić information content (AvgIpc) is 2.36. The van der Waals surface area contributed by atoms with Crippen LogP contribution in [-0.4, -0.2) is 36.2 Å². The minimum absolute atomic E-state index is 0.362. The number of fused-ring (bicyclic) bond motifs is 1. The molecule has 0 radical (unpaired) electrons. The van der Waals surface area contributed by atoms with E-state index in [4.69, 9.17) is 9.73 Å². The predicted molar refractivity (Wildman–Crippen MR) is 74.7 cm³/mol. The molecule has 1 N–H and O–H groups in total. The SMILES string of the molecule is CCOCC(C)NC1=NC2CCCCC2CS1. The van der Waals surface area contributed by atoms with Crippen LogP contribution in [0.5, 0.6) is 0 Å². The van der Waals surface area contributed by atoms with Crippen molar-refractivity contribution in [1.29, 1.82) is 0 Å². The Bertz CT molecular complexity index is 270. The Morgan fingerprint density at radius 1 is 1.47 bits per heavy atom. The maximum absolute atomic E-state index is 5.42. The highest BCUT2D eigenvalue weighted by atomic mass is 32.2. The van der Waals surface area contributed by atoms with E-state index in [1.54, 1.807) is 0 Å². The third-order valence-corrected chi connectivity index (χ3v) is 4.62. The summed E-state index contributed by atoms with van der Waals surface area (Å²) in [5.74, 6) is 2.08. The van der Waals surface area contributed by atoms with Crippen molar-refractivity contribution in [3.8, 4) is 0 Å². The number of thioether (sulfide) groups is 1. The third kappa shape index (κ3) is 3.88. The summed E-state index contributed by atoms with van der Waals surface area (Å²) in [7, 11) is 0. The molecule has 1 aliphatic carbocycles. The predicted octanol–water partition coefficient (Wildman–Crippen LogP) is 2.66. The zero-order chi connectivity index (χ0) is 12.1. The van der Waals surface area contributed by atoms with Gasteiger partial charge in [-0.2, -0.15) is 0 Å². The molecule has 3 nitrogen and oxygen atoms in total. The standard InChI is InChI=1S/C13H24N2OS/c1-3-16-8-10(2)14-13-15-12-7-5-4-6-11(12)9-17-13/h10-12H,3-9H2,1-2H3,(H,14,15). The zero-order valence-corrected chi connectivity index (χ0v) is 11.8. The number of nitrogens with zero attached hydrogens (tertiary/aromatic N) is 1. The Labute approximate surface area is 109 Å². The van der Waals surface area contributed by atoms with Gasteiger partial charge in [0.15, 0.2) is 5.17 Å². The molecular formula is C13H24N2OS. The van der Waals surface area contributed by atoms with Crippen LogP contribution in [0.25, 0.3) is 0 Å². The molecule has 1 fully saturated rings.